The number of sulfonamides is 1. The van der Waals surface area contributed by atoms with Crippen LogP contribution in [0.4, 0.5) is 13.2 Å². The van der Waals surface area contributed by atoms with Gasteiger partial charge in [0.1, 0.15) is 6.04 Å². The predicted octanol–water partition coefficient (Wildman–Crippen LogP) is 4.81. The number of hydrogen-bond acceptors (Lipinski definition) is 3. The molecule has 0 aliphatic rings. The molecule has 0 saturated heterocycles. The summed E-state index contributed by atoms with van der Waals surface area (Å²) in [7, 11) is -3.53. The third-order valence-corrected chi connectivity index (χ3v) is 6.29. The minimum atomic E-state index is -4.82. The van der Waals surface area contributed by atoms with Gasteiger partial charge in [0.25, 0.3) is 0 Å². The first kappa shape index (κ1) is 19.6. The van der Waals surface area contributed by atoms with Crippen LogP contribution in [-0.2, 0) is 10.0 Å². The molecule has 0 fully saturated rings. The number of alkyl halides is 3. The van der Waals surface area contributed by atoms with Crippen molar-refractivity contribution >= 4 is 32.4 Å². The van der Waals surface area contributed by atoms with Crippen LogP contribution in [0.5, 0.6) is 0 Å². The van der Waals surface area contributed by atoms with E-state index in [1.807, 2.05) is 0 Å². The first-order valence-corrected chi connectivity index (χ1v) is 9.57. The van der Waals surface area contributed by atoms with Crippen molar-refractivity contribution < 1.29 is 21.6 Å². The van der Waals surface area contributed by atoms with Crippen LogP contribution >= 0.6 is 11.6 Å². The molecule has 0 saturated carbocycles. The number of pyridine rings is 1. The van der Waals surface area contributed by atoms with Crippen molar-refractivity contribution in [2.45, 2.75) is 17.1 Å². The van der Waals surface area contributed by atoms with Crippen LogP contribution in [0.1, 0.15) is 11.6 Å². The van der Waals surface area contributed by atoms with Crippen molar-refractivity contribution in [2.75, 3.05) is 7.05 Å². The Bertz CT molecular complexity index is 1060. The Morgan fingerprint density at radius 2 is 1.74 bits per heavy atom. The van der Waals surface area contributed by atoms with E-state index < -0.39 is 22.2 Å². The number of hydrogen-bond donors (Lipinski definition) is 0. The molecule has 1 heterocycles. The van der Waals surface area contributed by atoms with E-state index in [0.29, 0.717) is 15.1 Å². The van der Waals surface area contributed by atoms with Gasteiger partial charge in [-0.2, -0.15) is 17.5 Å². The van der Waals surface area contributed by atoms with Gasteiger partial charge in [-0.05, 0) is 29.8 Å². The lowest BCUT2D eigenvalue weighted by Crippen LogP contribution is -2.39. The van der Waals surface area contributed by atoms with Crippen LogP contribution in [0.2, 0.25) is 5.02 Å². The molecule has 0 amide bonds. The highest BCUT2D eigenvalue weighted by Gasteiger charge is 2.47. The summed E-state index contributed by atoms with van der Waals surface area (Å²) in [5.41, 5.74) is -0.222. The smallest absolute Gasteiger partial charge is 0.264 e. The van der Waals surface area contributed by atoms with Crippen molar-refractivity contribution in [2.24, 2.45) is 0 Å². The lowest BCUT2D eigenvalue weighted by Gasteiger charge is -2.30. The zero-order valence-electron chi connectivity index (χ0n) is 14.0. The average molecular weight is 415 g/mol. The molecule has 1 unspecified atom stereocenters. The van der Waals surface area contributed by atoms with Crippen molar-refractivity contribution in [1.82, 2.24) is 9.29 Å². The number of nitrogens with zero attached hydrogens (tertiary/aromatic N) is 2. The Labute approximate surface area is 159 Å². The van der Waals surface area contributed by atoms with Gasteiger partial charge in [-0.25, -0.2) is 8.42 Å². The van der Waals surface area contributed by atoms with E-state index in [1.165, 1.54) is 54.9 Å². The second-order valence-corrected chi connectivity index (χ2v) is 8.27. The van der Waals surface area contributed by atoms with Gasteiger partial charge in [0.05, 0.1) is 4.90 Å². The molecule has 2 aromatic carbocycles. The second kappa shape index (κ2) is 7.10. The standard InChI is InChI=1S/C18H14ClF3N2O2S/c1-24(17(18(20,21)22)12-5-7-14(19)8-6-12)27(25,26)16-4-2-3-13-11-23-10-9-15(13)16/h2-11,17H,1H3. The molecule has 3 rings (SSSR count). The van der Waals surface area contributed by atoms with Crippen LogP contribution in [0.15, 0.2) is 65.8 Å². The molecule has 4 nitrogen and oxygen atoms in total. The third-order valence-electron chi connectivity index (χ3n) is 4.16. The van der Waals surface area contributed by atoms with Crippen LogP contribution in [0.3, 0.4) is 0 Å². The largest absolute Gasteiger partial charge is 0.409 e. The Morgan fingerprint density at radius 1 is 1.07 bits per heavy atom. The minimum absolute atomic E-state index is 0.215. The number of fused-ring (bicyclic) bond motifs is 1. The summed E-state index contributed by atoms with van der Waals surface area (Å²) < 4.78 is 67.7. The van der Waals surface area contributed by atoms with Gasteiger partial charge in [-0.1, -0.05) is 35.9 Å². The summed E-state index contributed by atoms with van der Waals surface area (Å²) in [4.78, 5) is 3.70. The first-order chi connectivity index (χ1) is 12.6. The predicted molar refractivity (Wildman–Crippen MR) is 96.9 cm³/mol. The molecule has 27 heavy (non-hydrogen) atoms. The van der Waals surface area contributed by atoms with E-state index in [-0.39, 0.29) is 15.5 Å². The first-order valence-electron chi connectivity index (χ1n) is 7.75. The highest BCUT2D eigenvalue weighted by atomic mass is 35.5. The number of halogens is 4. The lowest BCUT2D eigenvalue weighted by molar-refractivity contribution is -0.171. The second-order valence-electron chi connectivity index (χ2n) is 5.87. The fourth-order valence-corrected chi connectivity index (χ4v) is 4.53. The number of aromatic nitrogens is 1. The molecule has 142 valence electrons. The molecular formula is C18H14ClF3N2O2S. The van der Waals surface area contributed by atoms with Crippen LogP contribution < -0.4 is 0 Å². The lowest BCUT2D eigenvalue weighted by atomic mass is 10.1. The molecule has 1 atom stereocenters. The van der Waals surface area contributed by atoms with Crippen molar-refractivity contribution in [3.63, 3.8) is 0 Å². The maximum absolute atomic E-state index is 13.8. The summed E-state index contributed by atoms with van der Waals surface area (Å²) in [6.45, 7) is 0. The van der Waals surface area contributed by atoms with Gasteiger partial charge in [-0.15, -0.1) is 0 Å². The monoisotopic (exact) mass is 414 g/mol. The molecule has 0 bridgehead atoms. The SMILES string of the molecule is CN(C(c1ccc(Cl)cc1)C(F)(F)F)S(=O)(=O)c1cccc2cnccc12. The minimum Gasteiger partial charge on any atom is -0.264 e. The van der Waals surface area contributed by atoms with Crippen molar-refractivity contribution in [1.29, 1.82) is 0 Å². The van der Waals surface area contributed by atoms with Crippen molar-refractivity contribution in [3.05, 3.63) is 71.5 Å². The summed E-state index contributed by atoms with van der Waals surface area (Å²) in [5.74, 6) is 0. The molecule has 0 aliphatic carbocycles. The fraction of sp³-hybridized carbons (Fsp3) is 0.167. The van der Waals surface area contributed by atoms with Gasteiger partial charge < -0.3 is 0 Å². The third kappa shape index (κ3) is 3.78. The summed E-state index contributed by atoms with van der Waals surface area (Å²) in [6.07, 6.45) is -1.97. The molecule has 0 aliphatic heterocycles. The maximum atomic E-state index is 13.8. The molecule has 1 aromatic heterocycles. The Balaban J connectivity index is 2.15. The van der Waals surface area contributed by atoms with Crippen LogP contribution in [0, 0.1) is 0 Å². The van der Waals surface area contributed by atoms with E-state index >= 15 is 0 Å². The highest BCUT2D eigenvalue weighted by molar-refractivity contribution is 7.89. The zero-order chi connectivity index (χ0) is 19.8. The number of benzene rings is 2. The summed E-state index contributed by atoms with van der Waals surface area (Å²) >= 11 is 5.74. The Morgan fingerprint density at radius 3 is 2.37 bits per heavy atom. The Kier molecular flexibility index (Phi) is 5.16. The van der Waals surface area contributed by atoms with Gasteiger partial charge in [0, 0.05) is 35.2 Å². The fourth-order valence-electron chi connectivity index (χ4n) is 2.86. The van der Waals surface area contributed by atoms with E-state index in [2.05, 4.69) is 4.98 Å². The molecule has 3 aromatic rings. The maximum Gasteiger partial charge on any atom is 0.409 e. The van der Waals surface area contributed by atoms with E-state index in [0.717, 1.165) is 7.05 Å². The van der Waals surface area contributed by atoms with Crippen LogP contribution in [-0.4, -0.2) is 30.9 Å². The topological polar surface area (TPSA) is 50.3 Å². The average Bonchev–Trinajstić information content (AvgIpc) is 2.61. The highest BCUT2D eigenvalue weighted by Crippen LogP contribution is 2.40. The van der Waals surface area contributed by atoms with E-state index in [4.69, 9.17) is 11.6 Å². The summed E-state index contributed by atoms with van der Waals surface area (Å²) in [5, 5.41) is 1.07. The van der Waals surface area contributed by atoms with Crippen molar-refractivity contribution in [3.8, 4) is 0 Å². The number of rotatable bonds is 4. The van der Waals surface area contributed by atoms with Gasteiger partial charge in [0.15, 0.2) is 0 Å². The molecule has 9 heteroatoms. The molecule has 0 spiro atoms. The normalized spacial score (nSPS) is 13.9. The zero-order valence-corrected chi connectivity index (χ0v) is 15.6. The molecule has 0 radical (unpaired) electrons. The van der Waals surface area contributed by atoms with Crippen LogP contribution in [0.25, 0.3) is 10.8 Å². The molecular weight excluding hydrogens is 401 g/mol. The van der Waals surface area contributed by atoms with Gasteiger partial charge in [-0.3, -0.25) is 4.98 Å². The Hall–Kier alpha value is -2.16. The van der Waals surface area contributed by atoms with E-state index in [9.17, 15) is 21.6 Å². The molecule has 0 N–H and O–H groups in total. The van der Waals surface area contributed by atoms with Gasteiger partial charge >= 0.3 is 6.18 Å². The summed E-state index contributed by atoms with van der Waals surface area (Å²) in [6, 6.07) is 8.41. The quantitative estimate of drug-likeness (QED) is 0.615. The van der Waals surface area contributed by atoms with E-state index in [1.54, 1.807) is 6.07 Å². The van der Waals surface area contributed by atoms with Gasteiger partial charge in [0.2, 0.25) is 10.0 Å².